The van der Waals surface area contributed by atoms with E-state index in [1.54, 1.807) is 19.9 Å². The number of carbonyl (C=O) groups excluding carboxylic acids is 1. The van der Waals surface area contributed by atoms with Crippen LogP contribution in [0.1, 0.15) is 33.3 Å². The molecule has 10 heteroatoms. The molecule has 0 saturated heterocycles. The summed E-state index contributed by atoms with van der Waals surface area (Å²) in [6.07, 6.45) is -4.43. The van der Waals surface area contributed by atoms with Gasteiger partial charge in [0.15, 0.2) is 12.4 Å². The molecule has 0 amide bonds. The van der Waals surface area contributed by atoms with Crippen molar-refractivity contribution in [3.8, 4) is 5.69 Å². The number of halogens is 3. The van der Waals surface area contributed by atoms with Crippen molar-refractivity contribution in [1.82, 2.24) is 20.2 Å². The van der Waals surface area contributed by atoms with Gasteiger partial charge in [-0.3, -0.25) is 0 Å². The van der Waals surface area contributed by atoms with E-state index in [9.17, 15) is 18.0 Å². The van der Waals surface area contributed by atoms with E-state index in [0.29, 0.717) is 17.0 Å². The van der Waals surface area contributed by atoms with Gasteiger partial charge in [0.1, 0.15) is 5.76 Å². The quantitative estimate of drug-likeness (QED) is 0.659. The Balaban J connectivity index is 1.75. The van der Waals surface area contributed by atoms with Crippen molar-refractivity contribution in [3.63, 3.8) is 0 Å². The van der Waals surface area contributed by atoms with Gasteiger partial charge in [-0.05, 0) is 54.6 Å². The largest absolute Gasteiger partial charge is 0.454 e. The number of benzene rings is 1. The summed E-state index contributed by atoms with van der Waals surface area (Å²) in [4.78, 5) is 12.1. The highest BCUT2D eigenvalue weighted by molar-refractivity contribution is 5.87. The van der Waals surface area contributed by atoms with Gasteiger partial charge in [-0.2, -0.15) is 17.9 Å². The Morgan fingerprint density at radius 2 is 1.92 bits per heavy atom. The number of nitrogens with zero attached hydrogens (tertiary/aromatic N) is 4. The van der Waals surface area contributed by atoms with Crippen LogP contribution < -0.4 is 0 Å². The fraction of sp³-hybridized carbons (Fsp3) is 0.250. The molecule has 3 aromatic rings. The number of tetrazole rings is 1. The molecule has 0 spiro atoms. The van der Waals surface area contributed by atoms with E-state index in [-0.39, 0.29) is 18.2 Å². The lowest BCUT2D eigenvalue weighted by atomic mass is 10.2. The van der Waals surface area contributed by atoms with Crippen molar-refractivity contribution in [2.24, 2.45) is 0 Å². The average Bonchev–Trinajstić information content (AvgIpc) is 3.18. The van der Waals surface area contributed by atoms with E-state index in [4.69, 9.17) is 9.15 Å². The van der Waals surface area contributed by atoms with Crippen LogP contribution in [-0.2, 0) is 17.5 Å². The van der Waals surface area contributed by atoms with Gasteiger partial charge in [-0.25, -0.2) is 4.79 Å². The first-order valence-corrected chi connectivity index (χ1v) is 7.45. The van der Waals surface area contributed by atoms with E-state index in [1.807, 2.05) is 0 Å². The lowest BCUT2D eigenvalue weighted by Crippen LogP contribution is -2.11. The summed E-state index contributed by atoms with van der Waals surface area (Å²) in [6.45, 7) is 3.14. The maximum Gasteiger partial charge on any atom is 0.416 e. The van der Waals surface area contributed by atoms with Gasteiger partial charge < -0.3 is 9.15 Å². The van der Waals surface area contributed by atoms with Crippen LogP contribution in [0.3, 0.4) is 0 Å². The van der Waals surface area contributed by atoms with Crippen molar-refractivity contribution in [2.45, 2.75) is 26.6 Å². The van der Waals surface area contributed by atoms with Gasteiger partial charge in [-0.15, -0.1) is 5.10 Å². The van der Waals surface area contributed by atoms with E-state index >= 15 is 0 Å². The lowest BCUT2D eigenvalue weighted by molar-refractivity contribution is -0.137. The Morgan fingerprint density at radius 3 is 2.50 bits per heavy atom. The Kier molecular flexibility index (Phi) is 4.49. The average molecular weight is 366 g/mol. The minimum absolute atomic E-state index is 0.0797. The molecule has 0 bridgehead atoms. The molecular formula is C16H13F3N4O3. The predicted octanol–water partition coefficient (Wildman–Crippen LogP) is 3.25. The third kappa shape index (κ3) is 3.58. The van der Waals surface area contributed by atoms with Crippen LogP contribution in [0.25, 0.3) is 5.69 Å². The molecular weight excluding hydrogens is 353 g/mol. The fourth-order valence-electron chi connectivity index (χ4n) is 2.33. The second-order valence-corrected chi connectivity index (χ2v) is 5.50. The molecule has 0 aliphatic heterocycles. The molecule has 2 heterocycles. The van der Waals surface area contributed by atoms with Gasteiger partial charge in [0.2, 0.25) is 5.76 Å². The zero-order valence-electron chi connectivity index (χ0n) is 13.7. The van der Waals surface area contributed by atoms with E-state index < -0.39 is 17.7 Å². The molecule has 26 heavy (non-hydrogen) atoms. The first-order valence-electron chi connectivity index (χ1n) is 7.45. The Morgan fingerprint density at radius 1 is 1.23 bits per heavy atom. The normalized spacial score (nSPS) is 11.6. The maximum absolute atomic E-state index is 12.6. The summed E-state index contributed by atoms with van der Waals surface area (Å²) in [5.41, 5.74) is 0.153. The number of hydrogen-bond donors (Lipinski definition) is 0. The highest BCUT2D eigenvalue weighted by Gasteiger charge is 2.30. The molecule has 0 aliphatic carbocycles. The molecule has 0 radical (unpaired) electrons. The van der Waals surface area contributed by atoms with Crippen molar-refractivity contribution < 1.29 is 27.1 Å². The molecule has 0 atom stereocenters. The van der Waals surface area contributed by atoms with Gasteiger partial charge >= 0.3 is 12.1 Å². The molecule has 0 N–H and O–H groups in total. The third-order valence-electron chi connectivity index (χ3n) is 3.53. The number of esters is 1. The fourth-order valence-corrected chi connectivity index (χ4v) is 2.33. The molecule has 0 fully saturated rings. The summed E-state index contributed by atoms with van der Waals surface area (Å²) >= 11 is 0. The highest BCUT2D eigenvalue weighted by Crippen LogP contribution is 2.29. The number of furan rings is 1. The van der Waals surface area contributed by atoms with Crippen molar-refractivity contribution >= 4 is 5.97 Å². The van der Waals surface area contributed by atoms with Gasteiger partial charge in [0, 0.05) is 5.56 Å². The third-order valence-corrected chi connectivity index (χ3v) is 3.53. The van der Waals surface area contributed by atoms with E-state index in [1.165, 1.54) is 16.8 Å². The van der Waals surface area contributed by atoms with E-state index in [2.05, 4.69) is 15.5 Å². The van der Waals surface area contributed by atoms with E-state index in [0.717, 1.165) is 12.1 Å². The first-order chi connectivity index (χ1) is 12.3. The first kappa shape index (κ1) is 17.6. The van der Waals surface area contributed by atoms with Crippen LogP contribution in [0, 0.1) is 13.8 Å². The van der Waals surface area contributed by atoms with Crippen LogP contribution in [0.5, 0.6) is 0 Å². The van der Waals surface area contributed by atoms with Crippen LogP contribution >= 0.6 is 0 Å². The second-order valence-electron chi connectivity index (χ2n) is 5.50. The summed E-state index contributed by atoms with van der Waals surface area (Å²) in [7, 11) is 0. The number of aromatic nitrogens is 4. The zero-order chi connectivity index (χ0) is 18.9. The smallest absolute Gasteiger partial charge is 0.416 e. The second kappa shape index (κ2) is 6.62. The molecule has 0 unspecified atom stereocenters. The van der Waals surface area contributed by atoms with Gasteiger partial charge in [0.25, 0.3) is 0 Å². The molecule has 0 aliphatic rings. The summed E-state index contributed by atoms with van der Waals surface area (Å²) in [5.74, 6) is 0.122. The molecule has 0 saturated carbocycles. The van der Waals surface area contributed by atoms with Crippen molar-refractivity contribution in [2.75, 3.05) is 0 Å². The summed E-state index contributed by atoms with van der Waals surface area (Å²) in [6, 6.07) is 5.99. The number of alkyl halides is 3. The van der Waals surface area contributed by atoms with Crippen LogP contribution in [0.15, 0.2) is 34.7 Å². The molecule has 3 rings (SSSR count). The molecule has 1 aromatic carbocycles. The monoisotopic (exact) mass is 366 g/mol. The van der Waals surface area contributed by atoms with Crippen LogP contribution in [0.4, 0.5) is 13.2 Å². The number of aryl methyl sites for hydroxylation is 2. The number of rotatable bonds is 4. The Bertz CT molecular complexity index is 929. The van der Waals surface area contributed by atoms with Crippen molar-refractivity contribution in [3.05, 3.63) is 58.8 Å². The zero-order valence-corrected chi connectivity index (χ0v) is 13.7. The van der Waals surface area contributed by atoms with Crippen molar-refractivity contribution in [1.29, 1.82) is 0 Å². The van der Waals surface area contributed by atoms with Gasteiger partial charge in [0.05, 0.1) is 11.3 Å². The van der Waals surface area contributed by atoms with Crippen LogP contribution in [-0.4, -0.2) is 26.2 Å². The Labute approximate surface area is 145 Å². The maximum atomic E-state index is 12.6. The van der Waals surface area contributed by atoms with Gasteiger partial charge in [-0.1, -0.05) is 0 Å². The Hall–Kier alpha value is -3.17. The number of ether oxygens (including phenoxy) is 1. The SMILES string of the molecule is Cc1cc(C)c(C(=O)OCc2nnnn2-c2ccc(C(F)(F)F)cc2)o1. The minimum atomic E-state index is -4.43. The van der Waals surface area contributed by atoms with Crippen LogP contribution in [0.2, 0.25) is 0 Å². The molecule has 7 nitrogen and oxygen atoms in total. The summed E-state index contributed by atoms with van der Waals surface area (Å²) < 4.78 is 49.5. The highest BCUT2D eigenvalue weighted by atomic mass is 19.4. The summed E-state index contributed by atoms with van der Waals surface area (Å²) in [5, 5.41) is 10.9. The topological polar surface area (TPSA) is 83.0 Å². The molecule has 136 valence electrons. The molecule has 2 aromatic heterocycles. The predicted molar refractivity (Wildman–Crippen MR) is 81.5 cm³/mol. The number of hydrogen-bond acceptors (Lipinski definition) is 6. The standard InChI is InChI=1S/C16H13F3N4O3/c1-9-7-10(2)26-14(9)15(24)25-8-13-20-21-22-23(13)12-5-3-11(4-6-12)16(17,18)19/h3-7H,8H2,1-2H3. The number of carbonyl (C=O) groups is 1. The minimum Gasteiger partial charge on any atom is -0.454 e. The lowest BCUT2D eigenvalue weighted by Gasteiger charge is -2.08.